The molecular weight excluding hydrogens is 332 g/mol. The van der Waals surface area contributed by atoms with Crippen LogP contribution in [0.3, 0.4) is 0 Å². The van der Waals surface area contributed by atoms with E-state index in [0.717, 1.165) is 11.3 Å². The fourth-order valence-corrected chi connectivity index (χ4v) is 4.20. The van der Waals surface area contributed by atoms with Gasteiger partial charge in [0.1, 0.15) is 4.21 Å². The maximum atomic E-state index is 12.0. The normalized spacial score (nSPS) is 11.3. The summed E-state index contributed by atoms with van der Waals surface area (Å²) in [7, 11) is -3.42. The van der Waals surface area contributed by atoms with E-state index in [1.165, 1.54) is 12.1 Å². The van der Waals surface area contributed by atoms with Crippen LogP contribution in [0.15, 0.2) is 39.9 Å². The Morgan fingerprint density at radius 2 is 2.10 bits per heavy atom. The predicted molar refractivity (Wildman–Crippen MR) is 85.5 cm³/mol. The Morgan fingerprint density at radius 1 is 1.33 bits per heavy atom. The number of nitrogens with two attached hydrogens (primary N) is 1. The number of sulfone groups is 1. The Labute approximate surface area is 131 Å². The van der Waals surface area contributed by atoms with Gasteiger partial charge in [-0.05, 0) is 29.6 Å². The fraction of sp³-hybridized carbons (Fsp3) is 0.154. The third-order valence-electron chi connectivity index (χ3n) is 2.69. The van der Waals surface area contributed by atoms with E-state index < -0.39 is 15.7 Å². The van der Waals surface area contributed by atoms with Crippen LogP contribution in [-0.2, 0) is 14.6 Å². The lowest BCUT2D eigenvalue weighted by Crippen LogP contribution is -2.17. The van der Waals surface area contributed by atoms with Crippen LogP contribution < -0.4 is 11.1 Å². The molecule has 0 aliphatic carbocycles. The van der Waals surface area contributed by atoms with Crippen molar-refractivity contribution in [2.45, 2.75) is 10.6 Å². The van der Waals surface area contributed by atoms with Crippen LogP contribution in [0.4, 0.5) is 11.4 Å². The van der Waals surface area contributed by atoms with Gasteiger partial charge in [-0.2, -0.15) is 0 Å². The van der Waals surface area contributed by atoms with Crippen molar-refractivity contribution in [2.75, 3.05) is 16.8 Å². The molecule has 0 aliphatic heterocycles. The van der Waals surface area contributed by atoms with Gasteiger partial charge in [0.2, 0.25) is 5.91 Å². The molecule has 21 heavy (non-hydrogen) atoms. The van der Waals surface area contributed by atoms with Gasteiger partial charge < -0.3 is 11.1 Å². The average Bonchev–Trinajstić information content (AvgIpc) is 2.95. The number of anilines is 2. The first-order valence-corrected chi connectivity index (χ1v) is 8.90. The molecular formula is C13H13ClN2O3S2. The van der Waals surface area contributed by atoms with Crippen LogP contribution in [0.25, 0.3) is 0 Å². The van der Waals surface area contributed by atoms with Crippen LogP contribution in [0.1, 0.15) is 6.42 Å². The molecule has 112 valence electrons. The Balaban J connectivity index is 1.97. The minimum Gasteiger partial charge on any atom is -0.397 e. The zero-order valence-electron chi connectivity index (χ0n) is 10.9. The molecule has 0 radical (unpaired) electrons. The first-order chi connectivity index (χ1) is 9.88. The quantitative estimate of drug-likeness (QED) is 0.816. The number of amides is 1. The summed E-state index contributed by atoms with van der Waals surface area (Å²) in [5.41, 5.74) is 6.46. The summed E-state index contributed by atoms with van der Waals surface area (Å²) >= 11 is 6.90. The second kappa shape index (κ2) is 6.46. The molecule has 1 amide bonds. The van der Waals surface area contributed by atoms with Crippen molar-refractivity contribution < 1.29 is 13.2 Å². The summed E-state index contributed by atoms with van der Waals surface area (Å²) in [6, 6.07) is 7.86. The minimum atomic E-state index is -3.42. The van der Waals surface area contributed by atoms with Gasteiger partial charge in [-0.3, -0.25) is 4.79 Å². The summed E-state index contributed by atoms with van der Waals surface area (Å²) in [5.74, 6) is -0.656. The number of hydrogen-bond donors (Lipinski definition) is 2. The van der Waals surface area contributed by atoms with Crippen molar-refractivity contribution in [1.82, 2.24) is 0 Å². The van der Waals surface area contributed by atoms with Crippen LogP contribution in [0, 0.1) is 0 Å². The van der Waals surface area contributed by atoms with Crippen molar-refractivity contribution in [2.24, 2.45) is 0 Å². The smallest absolute Gasteiger partial charge is 0.225 e. The first-order valence-electron chi connectivity index (χ1n) is 5.99. The Kier molecular flexibility index (Phi) is 4.87. The maximum absolute atomic E-state index is 12.0. The molecule has 8 heteroatoms. The molecule has 1 aromatic carbocycles. The summed E-state index contributed by atoms with van der Waals surface area (Å²) < 4.78 is 24.2. The number of nitrogens with one attached hydrogen (secondary N) is 1. The molecule has 0 atom stereocenters. The largest absolute Gasteiger partial charge is 0.397 e. The van der Waals surface area contributed by atoms with Gasteiger partial charge in [0.05, 0.1) is 17.1 Å². The lowest BCUT2D eigenvalue weighted by molar-refractivity contribution is -0.115. The number of carbonyl (C=O) groups is 1. The third kappa shape index (κ3) is 4.20. The number of rotatable bonds is 5. The van der Waals surface area contributed by atoms with E-state index in [1.807, 2.05) is 0 Å². The van der Waals surface area contributed by atoms with E-state index in [9.17, 15) is 13.2 Å². The highest BCUT2D eigenvalue weighted by molar-refractivity contribution is 7.93. The molecule has 2 rings (SSSR count). The number of carbonyl (C=O) groups excluding carboxylic acids is 1. The molecule has 0 saturated heterocycles. The van der Waals surface area contributed by atoms with Crippen molar-refractivity contribution >= 4 is 50.1 Å². The molecule has 0 fully saturated rings. The number of hydrogen-bond acceptors (Lipinski definition) is 5. The SMILES string of the molecule is Nc1cc(Cl)ccc1NC(=O)CCS(=O)(=O)c1cccs1. The monoisotopic (exact) mass is 344 g/mol. The number of nitrogen functional groups attached to an aromatic ring is 1. The van der Waals surface area contributed by atoms with Crippen molar-refractivity contribution in [3.63, 3.8) is 0 Å². The van der Waals surface area contributed by atoms with Gasteiger partial charge in [0, 0.05) is 11.4 Å². The van der Waals surface area contributed by atoms with Crippen LogP contribution in [0.2, 0.25) is 5.02 Å². The van der Waals surface area contributed by atoms with Crippen LogP contribution in [0.5, 0.6) is 0 Å². The molecule has 1 aromatic heterocycles. The Morgan fingerprint density at radius 3 is 2.71 bits per heavy atom. The maximum Gasteiger partial charge on any atom is 0.225 e. The van der Waals surface area contributed by atoms with Gasteiger partial charge in [-0.1, -0.05) is 17.7 Å². The highest BCUT2D eigenvalue weighted by Gasteiger charge is 2.17. The second-order valence-electron chi connectivity index (χ2n) is 4.28. The molecule has 0 unspecified atom stereocenters. The van der Waals surface area contributed by atoms with E-state index in [0.29, 0.717) is 16.4 Å². The first kappa shape index (κ1) is 15.8. The zero-order chi connectivity index (χ0) is 15.5. The highest BCUT2D eigenvalue weighted by atomic mass is 35.5. The van der Waals surface area contributed by atoms with Crippen molar-refractivity contribution in [1.29, 1.82) is 0 Å². The molecule has 0 bridgehead atoms. The zero-order valence-corrected chi connectivity index (χ0v) is 13.3. The summed E-state index contributed by atoms with van der Waals surface area (Å²) in [5, 5.41) is 4.72. The van der Waals surface area contributed by atoms with E-state index in [4.69, 9.17) is 17.3 Å². The number of thiophene rings is 1. The molecule has 5 nitrogen and oxygen atoms in total. The van der Waals surface area contributed by atoms with Gasteiger partial charge >= 0.3 is 0 Å². The molecule has 0 saturated carbocycles. The van der Waals surface area contributed by atoms with Crippen LogP contribution in [-0.4, -0.2) is 20.1 Å². The van der Waals surface area contributed by atoms with Crippen molar-refractivity contribution in [3.8, 4) is 0 Å². The number of halogens is 1. The van der Waals surface area contributed by atoms with Crippen molar-refractivity contribution in [3.05, 3.63) is 40.7 Å². The fourth-order valence-electron chi connectivity index (χ4n) is 1.63. The molecule has 1 heterocycles. The van der Waals surface area contributed by atoms with E-state index >= 15 is 0 Å². The summed E-state index contributed by atoms with van der Waals surface area (Å²) in [6.07, 6.45) is -0.137. The molecule has 0 spiro atoms. The van der Waals surface area contributed by atoms with E-state index in [2.05, 4.69) is 5.32 Å². The van der Waals surface area contributed by atoms with Gasteiger partial charge in [-0.25, -0.2) is 8.42 Å². The standard InChI is InChI=1S/C13H13ClN2O3S2/c14-9-3-4-11(10(15)8-9)16-12(17)5-7-21(18,19)13-2-1-6-20-13/h1-4,6,8H,5,7,15H2,(H,16,17). The average molecular weight is 345 g/mol. The van der Waals surface area contributed by atoms with E-state index in [-0.39, 0.29) is 16.4 Å². The van der Waals surface area contributed by atoms with Gasteiger partial charge in [0.15, 0.2) is 9.84 Å². The minimum absolute atomic E-state index is 0.137. The third-order valence-corrected chi connectivity index (χ3v) is 6.13. The lowest BCUT2D eigenvalue weighted by atomic mass is 10.2. The van der Waals surface area contributed by atoms with Crippen LogP contribution >= 0.6 is 22.9 Å². The Bertz CT molecular complexity index is 743. The van der Waals surface area contributed by atoms with Gasteiger partial charge in [0.25, 0.3) is 0 Å². The molecule has 3 N–H and O–H groups in total. The second-order valence-corrected chi connectivity index (χ2v) is 8.00. The highest BCUT2D eigenvalue weighted by Crippen LogP contribution is 2.23. The molecule has 2 aromatic rings. The Hall–Kier alpha value is -1.57. The van der Waals surface area contributed by atoms with E-state index in [1.54, 1.807) is 23.6 Å². The summed E-state index contributed by atoms with van der Waals surface area (Å²) in [6.45, 7) is 0. The van der Waals surface area contributed by atoms with Gasteiger partial charge in [-0.15, -0.1) is 11.3 Å². The number of benzene rings is 1. The summed E-state index contributed by atoms with van der Waals surface area (Å²) in [4.78, 5) is 11.8. The molecule has 0 aliphatic rings. The lowest BCUT2D eigenvalue weighted by Gasteiger charge is -2.08. The predicted octanol–water partition coefficient (Wildman–Crippen LogP) is 2.79. The topological polar surface area (TPSA) is 89.3 Å².